The number of aliphatic hydroxyl groups is 1. The Morgan fingerprint density at radius 3 is 2.63 bits per heavy atom. The first kappa shape index (κ1) is 15.9. The normalized spacial score (nSPS) is 11.3. The molecule has 106 valence electrons. The topological polar surface area (TPSA) is 49.5 Å². The maximum Gasteiger partial charge on any atom is 0.251 e. The largest absolute Gasteiger partial charge is 0.395 e. The van der Waals surface area contributed by atoms with Crippen LogP contribution < -0.4 is 5.73 Å². The SMILES string of the molecule is NC(=S)c1ccc(F)cc1CN(CCO)CC(F)F. The smallest absolute Gasteiger partial charge is 0.251 e. The van der Waals surface area contributed by atoms with Gasteiger partial charge in [-0.2, -0.15) is 0 Å². The first-order valence-electron chi connectivity index (χ1n) is 5.63. The summed E-state index contributed by atoms with van der Waals surface area (Å²) < 4.78 is 38.0. The highest BCUT2D eigenvalue weighted by atomic mass is 32.1. The van der Waals surface area contributed by atoms with Crippen LogP contribution in [-0.2, 0) is 6.54 Å². The predicted octanol–water partition coefficient (Wildman–Crippen LogP) is 1.52. The van der Waals surface area contributed by atoms with Crippen LogP contribution in [0.25, 0.3) is 0 Å². The molecule has 7 heteroatoms. The van der Waals surface area contributed by atoms with E-state index in [0.29, 0.717) is 11.1 Å². The average molecular weight is 292 g/mol. The zero-order valence-corrected chi connectivity index (χ0v) is 11.0. The molecule has 0 aliphatic heterocycles. The molecule has 1 rings (SSSR count). The van der Waals surface area contributed by atoms with E-state index in [0.717, 1.165) is 0 Å². The van der Waals surface area contributed by atoms with Gasteiger partial charge in [0, 0.05) is 18.7 Å². The standard InChI is InChI=1S/C12H15F3N2OS/c13-9-1-2-10(12(16)19)8(5-9)6-17(3-4-18)7-11(14)15/h1-2,5,11,18H,3-4,6-7H2,(H2,16,19). The minimum atomic E-state index is -2.53. The molecule has 0 unspecified atom stereocenters. The van der Waals surface area contributed by atoms with Crippen LogP contribution in [0, 0.1) is 5.82 Å². The molecule has 0 aliphatic rings. The lowest BCUT2D eigenvalue weighted by molar-refractivity contribution is 0.0746. The minimum Gasteiger partial charge on any atom is -0.395 e. The quantitative estimate of drug-likeness (QED) is 0.748. The predicted molar refractivity (Wildman–Crippen MR) is 70.7 cm³/mol. The zero-order chi connectivity index (χ0) is 14.4. The molecule has 3 N–H and O–H groups in total. The van der Waals surface area contributed by atoms with E-state index in [1.54, 1.807) is 0 Å². The number of rotatable bonds is 7. The Balaban J connectivity index is 2.93. The Bertz CT molecular complexity index is 443. The Labute approximate surface area is 114 Å². The lowest BCUT2D eigenvalue weighted by Gasteiger charge is -2.22. The molecular formula is C12H15F3N2OS. The van der Waals surface area contributed by atoms with Gasteiger partial charge >= 0.3 is 0 Å². The summed E-state index contributed by atoms with van der Waals surface area (Å²) in [5, 5.41) is 8.85. The van der Waals surface area contributed by atoms with Crippen molar-refractivity contribution in [1.29, 1.82) is 0 Å². The van der Waals surface area contributed by atoms with Crippen LogP contribution in [0.15, 0.2) is 18.2 Å². The summed E-state index contributed by atoms with van der Waals surface area (Å²) in [4.78, 5) is 1.40. The van der Waals surface area contributed by atoms with Gasteiger partial charge in [0.2, 0.25) is 0 Å². The van der Waals surface area contributed by atoms with E-state index in [2.05, 4.69) is 0 Å². The van der Waals surface area contributed by atoms with Gasteiger partial charge in [-0.05, 0) is 23.8 Å². The molecule has 0 aromatic heterocycles. The third-order valence-electron chi connectivity index (χ3n) is 2.54. The molecule has 3 nitrogen and oxygen atoms in total. The number of thiocarbonyl (C=S) groups is 1. The van der Waals surface area contributed by atoms with Gasteiger partial charge in [0.25, 0.3) is 6.43 Å². The van der Waals surface area contributed by atoms with Crippen molar-refractivity contribution in [2.45, 2.75) is 13.0 Å². The summed E-state index contributed by atoms with van der Waals surface area (Å²) in [6.07, 6.45) is -2.53. The van der Waals surface area contributed by atoms with E-state index in [9.17, 15) is 13.2 Å². The van der Waals surface area contributed by atoms with E-state index in [4.69, 9.17) is 23.1 Å². The molecule has 0 radical (unpaired) electrons. The van der Waals surface area contributed by atoms with E-state index < -0.39 is 18.8 Å². The molecule has 0 saturated carbocycles. The van der Waals surface area contributed by atoms with Crippen LogP contribution in [0.2, 0.25) is 0 Å². The number of alkyl halides is 2. The van der Waals surface area contributed by atoms with Gasteiger partial charge in [0.15, 0.2) is 0 Å². The summed E-state index contributed by atoms with van der Waals surface area (Å²) in [7, 11) is 0. The number of aliphatic hydroxyl groups excluding tert-OH is 1. The second-order valence-corrected chi connectivity index (χ2v) is 4.46. The molecule has 19 heavy (non-hydrogen) atoms. The van der Waals surface area contributed by atoms with E-state index in [1.807, 2.05) is 0 Å². The highest BCUT2D eigenvalue weighted by Gasteiger charge is 2.15. The third kappa shape index (κ3) is 5.14. The highest BCUT2D eigenvalue weighted by molar-refractivity contribution is 7.80. The average Bonchev–Trinajstić information content (AvgIpc) is 2.27. The van der Waals surface area contributed by atoms with Gasteiger partial charge in [-0.1, -0.05) is 12.2 Å². The lowest BCUT2D eigenvalue weighted by Crippen LogP contribution is -2.32. The van der Waals surface area contributed by atoms with Gasteiger partial charge in [0.05, 0.1) is 13.2 Å². The zero-order valence-electron chi connectivity index (χ0n) is 10.2. The van der Waals surface area contributed by atoms with E-state index >= 15 is 0 Å². The van der Waals surface area contributed by atoms with Gasteiger partial charge < -0.3 is 10.8 Å². The number of nitrogens with zero attached hydrogens (tertiary/aromatic N) is 1. The number of benzene rings is 1. The van der Waals surface area contributed by atoms with Crippen molar-refractivity contribution >= 4 is 17.2 Å². The van der Waals surface area contributed by atoms with Gasteiger partial charge in [-0.15, -0.1) is 0 Å². The van der Waals surface area contributed by atoms with Crippen molar-refractivity contribution in [3.63, 3.8) is 0 Å². The van der Waals surface area contributed by atoms with Crippen LogP contribution in [0.4, 0.5) is 13.2 Å². The van der Waals surface area contributed by atoms with Crippen LogP contribution >= 0.6 is 12.2 Å². The number of hydrogen-bond donors (Lipinski definition) is 2. The first-order chi connectivity index (χ1) is 8.93. The summed E-state index contributed by atoms with van der Waals surface area (Å²) >= 11 is 4.84. The maximum atomic E-state index is 13.2. The van der Waals surface area contributed by atoms with Crippen molar-refractivity contribution in [2.75, 3.05) is 19.7 Å². The van der Waals surface area contributed by atoms with Gasteiger partial charge in [-0.25, -0.2) is 13.2 Å². The van der Waals surface area contributed by atoms with E-state index in [-0.39, 0.29) is 24.7 Å². The van der Waals surface area contributed by atoms with Crippen molar-refractivity contribution in [3.8, 4) is 0 Å². The van der Waals surface area contributed by atoms with E-state index in [1.165, 1.54) is 23.1 Å². The first-order valence-corrected chi connectivity index (χ1v) is 6.04. The second-order valence-electron chi connectivity index (χ2n) is 4.02. The number of hydrogen-bond acceptors (Lipinski definition) is 3. The molecule has 0 saturated heterocycles. The highest BCUT2D eigenvalue weighted by Crippen LogP contribution is 2.15. The minimum absolute atomic E-state index is 0.0509. The molecule has 1 aromatic carbocycles. The van der Waals surface area contributed by atoms with Crippen LogP contribution in [0.1, 0.15) is 11.1 Å². The molecule has 0 atom stereocenters. The van der Waals surface area contributed by atoms with Crippen LogP contribution in [-0.4, -0.2) is 41.1 Å². The molecule has 0 aliphatic carbocycles. The molecule has 0 fully saturated rings. The maximum absolute atomic E-state index is 13.2. The fourth-order valence-electron chi connectivity index (χ4n) is 1.75. The fourth-order valence-corrected chi connectivity index (χ4v) is 1.95. The Kier molecular flexibility index (Phi) is 6.20. The fraction of sp³-hybridized carbons (Fsp3) is 0.417. The number of halogens is 3. The van der Waals surface area contributed by atoms with Crippen LogP contribution in [0.3, 0.4) is 0 Å². The van der Waals surface area contributed by atoms with Crippen molar-refractivity contribution in [1.82, 2.24) is 4.90 Å². The molecular weight excluding hydrogens is 277 g/mol. The monoisotopic (exact) mass is 292 g/mol. The van der Waals surface area contributed by atoms with Crippen LogP contribution in [0.5, 0.6) is 0 Å². The molecule has 1 aromatic rings. The second kappa shape index (κ2) is 7.42. The lowest BCUT2D eigenvalue weighted by atomic mass is 10.1. The molecule has 0 heterocycles. The van der Waals surface area contributed by atoms with Crippen molar-refractivity contribution < 1.29 is 18.3 Å². The summed E-state index contributed by atoms with van der Waals surface area (Å²) in [5.41, 5.74) is 6.39. The van der Waals surface area contributed by atoms with Crippen molar-refractivity contribution in [3.05, 3.63) is 35.1 Å². The summed E-state index contributed by atoms with van der Waals surface area (Å²) in [6.45, 7) is -0.648. The van der Waals surface area contributed by atoms with Gasteiger partial charge in [-0.3, -0.25) is 4.90 Å². The Morgan fingerprint density at radius 1 is 1.42 bits per heavy atom. The molecule has 0 spiro atoms. The molecule has 0 amide bonds. The molecule has 0 bridgehead atoms. The third-order valence-corrected chi connectivity index (χ3v) is 2.76. The number of nitrogens with two attached hydrogens (primary N) is 1. The Hall–Kier alpha value is -1.18. The van der Waals surface area contributed by atoms with Gasteiger partial charge in [0.1, 0.15) is 10.8 Å². The summed E-state index contributed by atoms with van der Waals surface area (Å²) in [6, 6.07) is 3.85. The van der Waals surface area contributed by atoms with Crippen molar-refractivity contribution in [2.24, 2.45) is 5.73 Å². The Morgan fingerprint density at radius 2 is 2.11 bits per heavy atom. The summed E-state index contributed by atoms with van der Waals surface area (Å²) in [5.74, 6) is -0.490.